The summed E-state index contributed by atoms with van der Waals surface area (Å²) in [6, 6.07) is 15.9. The maximum atomic E-state index is 12.1. The zero-order valence-electron chi connectivity index (χ0n) is 15.7. The lowest BCUT2D eigenvalue weighted by Crippen LogP contribution is -2.35. The second-order valence-corrected chi connectivity index (χ2v) is 6.53. The van der Waals surface area contributed by atoms with Crippen molar-refractivity contribution < 1.29 is 14.3 Å². The average Bonchev–Trinajstić information content (AvgIpc) is 2.72. The van der Waals surface area contributed by atoms with Gasteiger partial charge in [0, 0.05) is 32.3 Å². The Morgan fingerprint density at radius 1 is 1.15 bits per heavy atom. The van der Waals surface area contributed by atoms with Gasteiger partial charge in [0.2, 0.25) is 5.91 Å². The van der Waals surface area contributed by atoms with Crippen LogP contribution in [0.3, 0.4) is 0 Å². The molecule has 0 aliphatic carbocycles. The molecule has 1 N–H and O–H groups in total. The van der Waals surface area contributed by atoms with Crippen LogP contribution in [0.1, 0.15) is 16.7 Å². The molecule has 0 radical (unpaired) electrons. The molecule has 0 bridgehead atoms. The zero-order valence-corrected chi connectivity index (χ0v) is 15.7. The van der Waals surface area contributed by atoms with Gasteiger partial charge in [0.25, 0.3) is 0 Å². The van der Waals surface area contributed by atoms with Gasteiger partial charge in [-0.15, -0.1) is 0 Å². The van der Waals surface area contributed by atoms with Crippen molar-refractivity contribution in [3.05, 3.63) is 71.3 Å². The van der Waals surface area contributed by atoms with Crippen LogP contribution in [-0.4, -0.2) is 44.2 Å². The third-order valence-electron chi connectivity index (χ3n) is 4.51. The highest BCUT2D eigenvalue weighted by Gasteiger charge is 2.10. The maximum Gasteiger partial charge on any atom is 0.244 e. The average molecular weight is 366 g/mol. The van der Waals surface area contributed by atoms with Crippen LogP contribution in [0.4, 0.5) is 0 Å². The lowest BCUT2D eigenvalue weighted by Gasteiger charge is -2.26. The van der Waals surface area contributed by atoms with E-state index in [0.29, 0.717) is 6.54 Å². The fourth-order valence-corrected chi connectivity index (χ4v) is 2.99. The number of amides is 1. The smallest absolute Gasteiger partial charge is 0.244 e. The summed E-state index contributed by atoms with van der Waals surface area (Å²) in [6.07, 6.45) is 3.35. The van der Waals surface area contributed by atoms with Crippen molar-refractivity contribution in [2.45, 2.75) is 13.1 Å². The second-order valence-electron chi connectivity index (χ2n) is 6.53. The summed E-state index contributed by atoms with van der Waals surface area (Å²) in [7, 11) is 1.63. The number of benzene rings is 2. The molecule has 142 valence electrons. The summed E-state index contributed by atoms with van der Waals surface area (Å²) < 4.78 is 10.5. The lowest BCUT2D eigenvalue weighted by atomic mass is 10.1. The van der Waals surface area contributed by atoms with Gasteiger partial charge in [0.1, 0.15) is 5.75 Å². The predicted molar refractivity (Wildman–Crippen MR) is 106 cm³/mol. The van der Waals surface area contributed by atoms with Gasteiger partial charge in [-0.1, -0.05) is 36.4 Å². The fraction of sp³-hybridized carbons (Fsp3) is 0.318. The number of carbonyl (C=O) groups is 1. The van der Waals surface area contributed by atoms with E-state index in [1.165, 1.54) is 5.56 Å². The molecule has 1 heterocycles. The first-order chi connectivity index (χ1) is 13.2. The molecule has 1 amide bonds. The predicted octanol–water partition coefficient (Wildman–Crippen LogP) is 2.86. The third-order valence-corrected chi connectivity index (χ3v) is 4.51. The van der Waals surface area contributed by atoms with Crippen molar-refractivity contribution in [1.29, 1.82) is 0 Å². The summed E-state index contributed by atoms with van der Waals surface area (Å²) >= 11 is 0. The molecule has 0 atom stereocenters. The lowest BCUT2D eigenvalue weighted by molar-refractivity contribution is -0.116. The Labute approximate surface area is 160 Å². The zero-order chi connectivity index (χ0) is 18.9. The van der Waals surface area contributed by atoms with E-state index < -0.39 is 0 Å². The highest BCUT2D eigenvalue weighted by Crippen LogP contribution is 2.12. The van der Waals surface area contributed by atoms with Gasteiger partial charge >= 0.3 is 0 Å². The Balaban J connectivity index is 1.49. The van der Waals surface area contributed by atoms with Crippen molar-refractivity contribution in [3.8, 4) is 5.75 Å². The molecule has 0 spiro atoms. The highest BCUT2D eigenvalue weighted by molar-refractivity contribution is 5.91. The Hall–Kier alpha value is -2.63. The monoisotopic (exact) mass is 366 g/mol. The number of carbonyl (C=O) groups excluding carboxylic acids is 1. The molecule has 0 unspecified atom stereocenters. The van der Waals surface area contributed by atoms with Gasteiger partial charge in [-0.2, -0.15) is 0 Å². The van der Waals surface area contributed by atoms with Crippen LogP contribution in [0.5, 0.6) is 5.75 Å². The van der Waals surface area contributed by atoms with Gasteiger partial charge < -0.3 is 14.8 Å². The molecule has 2 aromatic carbocycles. The molecule has 1 aliphatic heterocycles. The van der Waals surface area contributed by atoms with Gasteiger partial charge in [-0.05, 0) is 34.9 Å². The molecule has 3 rings (SSSR count). The molecule has 0 aromatic heterocycles. The number of ether oxygens (including phenoxy) is 2. The summed E-state index contributed by atoms with van der Waals surface area (Å²) in [5.74, 6) is 0.693. The van der Waals surface area contributed by atoms with E-state index in [0.717, 1.165) is 49.7 Å². The number of hydrogen-bond donors (Lipinski definition) is 1. The second kappa shape index (κ2) is 9.90. The molecule has 2 aromatic rings. The summed E-state index contributed by atoms with van der Waals surface area (Å²) in [5, 5.41) is 2.94. The first-order valence-corrected chi connectivity index (χ1v) is 9.21. The molecule has 1 saturated heterocycles. The van der Waals surface area contributed by atoms with E-state index in [1.54, 1.807) is 19.3 Å². The van der Waals surface area contributed by atoms with E-state index in [-0.39, 0.29) is 5.91 Å². The van der Waals surface area contributed by atoms with E-state index >= 15 is 0 Å². The number of hydrogen-bond acceptors (Lipinski definition) is 4. The van der Waals surface area contributed by atoms with Crippen molar-refractivity contribution in [3.63, 3.8) is 0 Å². The maximum absolute atomic E-state index is 12.1. The first kappa shape index (κ1) is 19.1. The topological polar surface area (TPSA) is 50.8 Å². The molecule has 0 saturated carbocycles. The molecule has 1 aliphatic rings. The molecular weight excluding hydrogens is 340 g/mol. The minimum Gasteiger partial charge on any atom is -0.497 e. The largest absolute Gasteiger partial charge is 0.497 e. The number of nitrogens with zero attached hydrogens (tertiary/aromatic N) is 1. The van der Waals surface area contributed by atoms with Crippen molar-refractivity contribution in [1.82, 2.24) is 10.2 Å². The van der Waals surface area contributed by atoms with E-state index in [4.69, 9.17) is 9.47 Å². The minimum atomic E-state index is -0.107. The Morgan fingerprint density at radius 3 is 2.63 bits per heavy atom. The number of nitrogens with one attached hydrogen (secondary N) is 1. The molecule has 5 heteroatoms. The first-order valence-electron chi connectivity index (χ1n) is 9.21. The molecular formula is C22H26N2O3. The van der Waals surface area contributed by atoms with E-state index in [2.05, 4.69) is 22.3 Å². The van der Waals surface area contributed by atoms with Crippen LogP contribution in [-0.2, 0) is 22.6 Å². The van der Waals surface area contributed by atoms with Gasteiger partial charge in [0.05, 0.1) is 20.3 Å². The van der Waals surface area contributed by atoms with Crippen LogP contribution in [0.25, 0.3) is 6.08 Å². The van der Waals surface area contributed by atoms with Crippen molar-refractivity contribution in [2.75, 3.05) is 33.4 Å². The molecule has 1 fully saturated rings. The van der Waals surface area contributed by atoms with Crippen molar-refractivity contribution >= 4 is 12.0 Å². The van der Waals surface area contributed by atoms with E-state index in [1.807, 2.05) is 36.4 Å². The summed E-state index contributed by atoms with van der Waals surface area (Å²) in [4.78, 5) is 14.5. The van der Waals surface area contributed by atoms with Crippen LogP contribution in [0.2, 0.25) is 0 Å². The highest BCUT2D eigenvalue weighted by atomic mass is 16.5. The Morgan fingerprint density at radius 2 is 1.89 bits per heavy atom. The van der Waals surface area contributed by atoms with Crippen molar-refractivity contribution in [2.24, 2.45) is 0 Å². The third kappa shape index (κ3) is 6.24. The Bertz CT molecular complexity index is 765. The standard InChI is InChI=1S/C22H26N2O3/c1-26-21-8-5-18(6-9-21)7-10-22(25)23-16-19-3-2-4-20(15-19)17-24-11-13-27-14-12-24/h2-10,15H,11-14,16-17H2,1H3,(H,23,25)/b10-7+. The minimum absolute atomic E-state index is 0.107. The molecule has 5 nitrogen and oxygen atoms in total. The normalized spacial score (nSPS) is 15.0. The van der Waals surface area contributed by atoms with Gasteiger partial charge in [-0.3, -0.25) is 9.69 Å². The van der Waals surface area contributed by atoms with Crippen LogP contribution in [0, 0.1) is 0 Å². The quantitative estimate of drug-likeness (QED) is 0.766. The van der Waals surface area contributed by atoms with Gasteiger partial charge in [-0.25, -0.2) is 0 Å². The van der Waals surface area contributed by atoms with Crippen LogP contribution >= 0.6 is 0 Å². The SMILES string of the molecule is COc1ccc(/C=C/C(=O)NCc2cccc(CN3CCOCC3)c2)cc1. The van der Waals surface area contributed by atoms with Crippen LogP contribution < -0.4 is 10.1 Å². The van der Waals surface area contributed by atoms with Gasteiger partial charge in [0.15, 0.2) is 0 Å². The Kier molecular flexibility index (Phi) is 7.02. The number of methoxy groups -OCH3 is 1. The van der Waals surface area contributed by atoms with Crippen LogP contribution in [0.15, 0.2) is 54.6 Å². The number of rotatable bonds is 7. The van der Waals surface area contributed by atoms with E-state index in [9.17, 15) is 4.79 Å². The summed E-state index contributed by atoms with van der Waals surface area (Å²) in [5.41, 5.74) is 3.32. The number of morpholine rings is 1. The summed E-state index contributed by atoms with van der Waals surface area (Å²) in [6.45, 7) is 4.98. The fourth-order valence-electron chi connectivity index (χ4n) is 2.99. The molecule has 27 heavy (non-hydrogen) atoms.